The maximum atomic E-state index is 14.0. The van der Waals surface area contributed by atoms with Crippen LogP contribution in [0.2, 0.25) is 0 Å². The minimum absolute atomic E-state index is 0.144. The first-order valence-electron chi connectivity index (χ1n) is 10.5. The predicted octanol–water partition coefficient (Wildman–Crippen LogP) is 1.57. The first kappa shape index (κ1) is 22.5. The Morgan fingerprint density at radius 3 is 2.25 bits per heavy atom. The fourth-order valence-corrected chi connectivity index (χ4v) is 5.19. The van der Waals surface area contributed by atoms with E-state index in [9.17, 15) is 17.6 Å². The Balaban J connectivity index is 1.28. The van der Waals surface area contributed by atoms with Gasteiger partial charge in [-0.15, -0.1) is 0 Å². The van der Waals surface area contributed by atoms with Gasteiger partial charge in [-0.25, -0.2) is 12.8 Å². The van der Waals surface area contributed by atoms with Gasteiger partial charge in [0.1, 0.15) is 11.6 Å². The van der Waals surface area contributed by atoms with Crippen molar-refractivity contribution in [1.82, 2.24) is 9.21 Å². The molecule has 10 heteroatoms. The fraction of sp³-hybridized carbons (Fsp3) is 0.409. The highest BCUT2D eigenvalue weighted by Gasteiger charge is 2.26. The van der Waals surface area contributed by atoms with Crippen LogP contribution in [-0.2, 0) is 19.6 Å². The summed E-state index contributed by atoms with van der Waals surface area (Å²) < 4.78 is 51.5. The van der Waals surface area contributed by atoms with Crippen LogP contribution in [0.1, 0.15) is 0 Å². The van der Waals surface area contributed by atoms with E-state index in [0.29, 0.717) is 63.9 Å². The second-order valence-electron chi connectivity index (χ2n) is 7.60. The molecule has 0 aliphatic carbocycles. The molecule has 2 aromatic carbocycles. The summed E-state index contributed by atoms with van der Waals surface area (Å²) in [6.45, 7) is 3.34. The van der Waals surface area contributed by atoms with Gasteiger partial charge in [0.05, 0.1) is 23.8 Å². The van der Waals surface area contributed by atoms with Crippen LogP contribution in [0.25, 0.3) is 0 Å². The zero-order valence-corrected chi connectivity index (χ0v) is 18.5. The van der Waals surface area contributed by atoms with Crippen molar-refractivity contribution in [3.63, 3.8) is 0 Å². The van der Waals surface area contributed by atoms with Crippen LogP contribution in [0.4, 0.5) is 10.1 Å². The van der Waals surface area contributed by atoms with E-state index in [2.05, 4.69) is 0 Å². The van der Waals surface area contributed by atoms with Gasteiger partial charge in [0.25, 0.3) is 5.91 Å². The SMILES string of the molecule is O=C(COc1ccc(S(=O)(=O)N2CCOCC2)cc1)N1CCN(c2ccccc2F)CC1. The molecule has 0 atom stereocenters. The smallest absolute Gasteiger partial charge is 0.260 e. The molecule has 0 N–H and O–H groups in total. The fourth-order valence-electron chi connectivity index (χ4n) is 3.79. The van der Waals surface area contributed by atoms with Crippen molar-refractivity contribution in [3.8, 4) is 5.75 Å². The van der Waals surface area contributed by atoms with Gasteiger partial charge in [-0.1, -0.05) is 12.1 Å². The van der Waals surface area contributed by atoms with Gasteiger partial charge >= 0.3 is 0 Å². The molecule has 2 aliphatic heterocycles. The molecule has 2 aromatic rings. The lowest BCUT2D eigenvalue weighted by Crippen LogP contribution is -2.50. The predicted molar refractivity (Wildman–Crippen MR) is 117 cm³/mol. The number of carbonyl (C=O) groups excluding carboxylic acids is 1. The highest BCUT2D eigenvalue weighted by atomic mass is 32.2. The molecule has 4 rings (SSSR count). The summed E-state index contributed by atoms with van der Waals surface area (Å²) in [7, 11) is -3.57. The van der Waals surface area contributed by atoms with Gasteiger partial charge in [-0.2, -0.15) is 4.31 Å². The molecule has 0 spiro atoms. The molecule has 0 radical (unpaired) electrons. The molecular formula is C22H26FN3O5S. The topological polar surface area (TPSA) is 79.4 Å². The van der Waals surface area contributed by atoms with Crippen molar-refractivity contribution < 1.29 is 27.1 Å². The third-order valence-corrected chi connectivity index (χ3v) is 7.53. The number of sulfonamides is 1. The van der Waals surface area contributed by atoms with E-state index in [0.717, 1.165) is 0 Å². The summed E-state index contributed by atoms with van der Waals surface area (Å²) in [4.78, 5) is 16.3. The van der Waals surface area contributed by atoms with E-state index in [1.54, 1.807) is 35.2 Å². The number of halogens is 1. The molecule has 32 heavy (non-hydrogen) atoms. The molecule has 172 valence electrons. The molecule has 1 amide bonds. The number of rotatable bonds is 6. The van der Waals surface area contributed by atoms with Crippen molar-refractivity contribution in [2.24, 2.45) is 0 Å². The molecule has 0 bridgehead atoms. The number of nitrogens with zero attached hydrogens (tertiary/aromatic N) is 3. The summed E-state index contributed by atoms with van der Waals surface area (Å²) in [6.07, 6.45) is 0. The van der Waals surface area contributed by atoms with Gasteiger partial charge in [-0.05, 0) is 36.4 Å². The zero-order chi connectivity index (χ0) is 22.6. The van der Waals surface area contributed by atoms with E-state index < -0.39 is 10.0 Å². The Hall–Kier alpha value is -2.69. The lowest BCUT2D eigenvalue weighted by atomic mass is 10.2. The number of para-hydroxylation sites is 1. The number of anilines is 1. The molecular weight excluding hydrogens is 437 g/mol. The quantitative estimate of drug-likeness (QED) is 0.647. The third kappa shape index (κ3) is 5.03. The van der Waals surface area contributed by atoms with Crippen LogP contribution in [0.3, 0.4) is 0 Å². The van der Waals surface area contributed by atoms with Crippen LogP contribution in [-0.4, -0.2) is 82.6 Å². The Kier molecular flexibility index (Phi) is 6.92. The summed E-state index contributed by atoms with van der Waals surface area (Å²) in [5, 5.41) is 0. The third-order valence-electron chi connectivity index (χ3n) is 5.62. The van der Waals surface area contributed by atoms with E-state index in [-0.39, 0.29) is 23.2 Å². The molecule has 0 saturated carbocycles. The maximum absolute atomic E-state index is 14.0. The Morgan fingerprint density at radius 2 is 1.59 bits per heavy atom. The number of carbonyl (C=O) groups is 1. The molecule has 2 heterocycles. The van der Waals surface area contributed by atoms with Crippen LogP contribution in [0.15, 0.2) is 53.4 Å². The zero-order valence-electron chi connectivity index (χ0n) is 17.7. The van der Waals surface area contributed by atoms with Gasteiger partial charge < -0.3 is 19.3 Å². The normalized spacial score (nSPS) is 17.9. The van der Waals surface area contributed by atoms with Crippen LogP contribution < -0.4 is 9.64 Å². The highest BCUT2D eigenvalue weighted by Crippen LogP contribution is 2.22. The number of hydrogen-bond donors (Lipinski definition) is 0. The second kappa shape index (κ2) is 9.85. The van der Waals surface area contributed by atoms with Crippen LogP contribution >= 0.6 is 0 Å². The van der Waals surface area contributed by atoms with E-state index in [4.69, 9.17) is 9.47 Å². The number of hydrogen-bond acceptors (Lipinski definition) is 6. The number of amides is 1. The van der Waals surface area contributed by atoms with Gasteiger partial charge in [0, 0.05) is 39.3 Å². The molecule has 2 aliphatic rings. The number of piperazine rings is 1. The van der Waals surface area contributed by atoms with Crippen LogP contribution in [0.5, 0.6) is 5.75 Å². The summed E-state index contributed by atoms with van der Waals surface area (Å²) in [5.74, 6) is -0.0119. The average molecular weight is 464 g/mol. The minimum Gasteiger partial charge on any atom is -0.484 e. The molecule has 0 unspecified atom stereocenters. The lowest BCUT2D eigenvalue weighted by Gasteiger charge is -2.36. The van der Waals surface area contributed by atoms with Gasteiger partial charge in [0.15, 0.2) is 6.61 Å². The lowest BCUT2D eigenvalue weighted by molar-refractivity contribution is -0.133. The molecule has 2 saturated heterocycles. The van der Waals surface area contributed by atoms with Crippen molar-refractivity contribution >= 4 is 21.6 Å². The van der Waals surface area contributed by atoms with Crippen molar-refractivity contribution in [2.75, 3.05) is 64.0 Å². The van der Waals surface area contributed by atoms with Gasteiger partial charge in [0.2, 0.25) is 10.0 Å². The Bertz CT molecular complexity index is 1030. The van der Waals surface area contributed by atoms with Gasteiger partial charge in [-0.3, -0.25) is 4.79 Å². The maximum Gasteiger partial charge on any atom is 0.260 e. The number of morpholine rings is 1. The number of ether oxygens (including phenoxy) is 2. The van der Waals surface area contributed by atoms with E-state index in [1.807, 2.05) is 4.90 Å². The molecule has 8 nitrogen and oxygen atoms in total. The van der Waals surface area contributed by atoms with E-state index in [1.165, 1.54) is 22.5 Å². The summed E-state index contributed by atoms with van der Waals surface area (Å²) in [5.41, 5.74) is 0.544. The molecule has 2 fully saturated rings. The monoisotopic (exact) mass is 463 g/mol. The Morgan fingerprint density at radius 1 is 0.938 bits per heavy atom. The van der Waals surface area contributed by atoms with Crippen molar-refractivity contribution in [3.05, 3.63) is 54.3 Å². The van der Waals surface area contributed by atoms with Crippen molar-refractivity contribution in [1.29, 1.82) is 0 Å². The standard InChI is InChI=1S/C22H26FN3O5S/c23-20-3-1-2-4-21(20)24-9-11-25(12-10-24)22(27)17-31-18-5-7-19(8-6-18)32(28,29)26-13-15-30-16-14-26/h1-8H,9-17H2. The first-order valence-corrected chi connectivity index (χ1v) is 12.0. The summed E-state index contributed by atoms with van der Waals surface area (Å²) in [6, 6.07) is 12.7. The number of benzene rings is 2. The van der Waals surface area contributed by atoms with E-state index >= 15 is 0 Å². The van der Waals surface area contributed by atoms with Crippen molar-refractivity contribution in [2.45, 2.75) is 4.90 Å². The first-order chi connectivity index (χ1) is 15.4. The highest BCUT2D eigenvalue weighted by molar-refractivity contribution is 7.89. The summed E-state index contributed by atoms with van der Waals surface area (Å²) >= 11 is 0. The second-order valence-corrected chi connectivity index (χ2v) is 9.53. The molecule has 0 aromatic heterocycles. The van der Waals surface area contributed by atoms with Crippen LogP contribution in [0, 0.1) is 5.82 Å². The Labute approximate surface area is 187 Å². The largest absolute Gasteiger partial charge is 0.484 e. The minimum atomic E-state index is -3.57. The average Bonchev–Trinajstić information content (AvgIpc) is 2.84.